The SMILES string of the molecule is CN1CCN(c2ncnc3c2ncn3CCc2oc3cccc(F)c3c(=O)c2-c2cccc(F)c2)CC1. The quantitative estimate of drug-likeness (QED) is 0.361. The number of rotatable bonds is 5. The monoisotopic (exact) mass is 502 g/mol. The molecule has 0 aliphatic carbocycles. The summed E-state index contributed by atoms with van der Waals surface area (Å²) in [6.45, 7) is 3.98. The standard InChI is InChI=1S/C27H24F2N6O2/c1-33-10-12-34(13-11-33)26-24-27(31-15-30-26)35(16-32-24)9-8-21-22(17-4-2-5-18(28)14-17)25(36)23-19(29)6-3-7-20(23)37-21/h2-7,14-16H,8-13H2,1H3. The van der Waals surface area contributed by atoms with Gasteiger partial charge in [-0.2, -0.15) is 0 Å². The van der Waals surface area contributed by atoms with Crippen LogP contribution >= 0.6 is 0 Å². The van der Waals surface area contributed by atoms with Gasteiger partial charge in [0.2, 0.25) is 5.43 Å². The average Bonchev–Trinajstić information content (AvgIpc) is 3.31. The molecule has 0 saturated carbocycles. The number of hydrogen-bond donors (Lipinski definition) is 0. The number of likely N-dealkylation sites (N-methyl/N-ethyl adjacent to an activating group) is 1. The summed E-state index contributed by atoms with van der Waals surface area (Å²) < 4.78 is 36.6. The Morgan fingerprint density at radius 3 is 2.62 bits per heavy atom. The second kappa shape index (κ2) is 9.36. The lowest BCUT2D eigenvalue weighted by Crippen LogP contribution is -2.44. The molecule has 0 bridgehead atoms. The van der Waals surface area contributed by atoms with Gasteiger partial charge in [-0.05, 0) is 36.9 Å². The molecule has 4 heterocycles. The molecule has 1 saturated heterocycles. The number of halogens is 2. The van der Waals surface area contributed by atoms with Crippen molar-refractivity contribution in [3.05, 3.63) is 82.7 Å². The van der Waals surface area contributed by atoms with E-state index in [0.29, 0.717) is 29.0 Å². The predicted molar refractivity (Wildman–Crippen MR) is 137 cm³/mol. The van der Waals surface area contributed by atoms with Crippen LogP contribution in [0.2, 0.25) is 0 Å². The summed E-state index contributed by atoms with van der Waals surface area (Å²) in [6, 6.07) is 9.94. The lowest BCUT2D eigenvalue weighted by atomic mass is 10.0. The van der Waals surface area contributed by atoms with Crippen molar-refractivity contribution in [1.29, 1.82) is 0 Å². The normalized spacial score (nSPS) is 14.6. The lowest BCUT2D eigenvalue weighted by Gasteiger charge is -2.33. The van der Waals surface area contributed by atoms with Gasteiger partial charge in [-0.3, -0.25) is 4.79 Å². The summed E-state index contributed by atoms with van der Waals surface area (Å²) in [5.74, 6) is -0.0386. The summed E-state index contributed by atoms with van der Waals surface area (Å²) in [5, 5.41) is -0.150. The zero-order valence-electron chi connectivity index (χ0n) is 20.2. The molecule has 188 valence electrons. The van der Waals surface area contributed by atoms with E-state index < -0.39 is 17.1 Å². The molecule has 8 nitrogen and oxygen atoms in total. The van der Waals surface area contributed by atoms with Crippen LogP contribution in [0.1, 0.15) is 5.76 Å². The first-order chi connectivity index (χ1) is 18.0. The first-order valence-electron chi connectivity index (χ1n) is 12.1. The summed E-state index contributed by atoms with van der Waals surface area (Å²) in [4.78, 5) is 31.4. The molecule has 6 rings (SSSR count). The fourth-order valence-corrected chi connectivity index (χ4v) is 4.86. The molecular weight excluding hydrogens is 478 g/mol. The van der Waals surface area contributed by atoms with E-state index >= 15 is 0 Å². The Balaban J connectivity index is 1.39. The van der Waals surface area contributed by atoms with Crippen LogP contribution in [0.5, 0.6) is 0 Å². The number of aromatic nitrogens is 4. The van der Waals surface area contributed by atoms with Gasteiger partial charge in [0.1, 0.15) is 34.7 Å². The van der Waals surface area contributed by atoms with Gasteiger partial charge in [-0.25, -0.2) is 23.7 Å². The molecule has 0 unspecified atom stereocenters. The van der Waals surface area contributed by atoms with Crippen LogP contribution in [-0.2, 0) is 13.0 Å². The number of hydrogen-bond acceptors (Lipinski definition) is 7. The van der Waals surface area contributed by atoms with Crippen molar-refractivity contribution in [2.75, 3.05) is 38.1 Å². The Morgan fingerprint density at radius 1 is 1.00 bits per heavy atom. The molecule has 0 spiro atoms. The Labute approximate surface area is 210 Å². The molecule has 10 heteroatoms. The number of aryl methyl sites for hydroxylation is 2. The van der Waals surface area contributed by atoms with E-state index in [2.05, 4.69) is 31.8 Å². The first kappa shape index (κ1) is 23.2. The average molecular weight is 503 g/mol. The van der Waals surface area contributed by atoms with Gasteiger partial charge < -0.3 is 18.8 Å². The molecule has 0 atom stereocenters. The van der Waals surface area contributed by atoms with Gasteiger partial charge in [-0.15, -0.1) is 0 Å². The van der Waals surface area contributed by atoms with Crippen molar-refractivity contribution in [2.24, 2.45) is 0 Å². The summed E-state index contributed by atoms with van der Waals surface area (Å²) in [5.41, 5.74) is 1.48. The van der Waals surface area contributed by atoms with E-state index in [1.54, 1.807) is 18.5 Å². The molecule has 1 aliphatic heterocycles. The van der Waals surface area contributed by atoms with E-state index in [0.717, 1.165) is 32.0 Å². The molecule has 0 N–H and O–H groups in total. The van der Waals surface area contributed by atoms with Crippen molar-refractivity contribution in [2.45, 2.75) is 13.0 Å². The predicted octanol–water partition coefficient (Wildman–Crippen LogP) is 3.87. The van der Waals surface area contributed by atoms with Gasteiger partial charge in [0, 0.05) is 39.1 Å². The second-order valence-corrected chi connectivity index (χ2v) is 9.20. The van der Waals surface area contributed by atoms with Crippen LogP contribution in [0.4, 0.5) is 14.6 Å². The van der Waals surface area contributed by atoms with Gasteiger partial charge in [0.05, 0.1) is 11.9 Å². The van der Waals surface area contributed by atoms with E-state index in [4.69, 9.17) is 4.42 Å². The largest absolute Gasteiger partial charge is 0.460 e. The Morgan fingerprint density at radius 2 is 1.81 bits per heavy atom. The summed E-state index contributed by atoms with van der Waals surface area (Å²) in [7, 11) is 2.10. The molecule has 1 aliphatic rings. The number of anilines is 1. The third-order valence-electron chi connectivity index (χ3n) is 6.82. The smallest absolute Gasteiger partial charge is 0.203 e. The van der Waals surface area contributed by atoms with Crippen molar-refractivity contribution >= 4 is 28.0 Å². The highest BCUT2D eigenvalue weighted by Gasteiger charge is 2.22. The summed E-state index contributed by atoms with van der Waals surface area (Å²) in [6.07, 6.45) is 3.51. The maximum absolute atomic E-state index is 14.6. The van der Waals surface area contributed by atoms with Crippen LogP contribution < -0.4 is 10.3 Å². The number of benzene rings is 2. The maximum Gasteiger partial charge on any atom is 0.203 e. The molecular formula is C27H24F2N6O2. The Hall–Kier alpha value is -4.18. The zero-order chi connectivity index (χ0) is 25.5. The molecule has 3 aromatic heterocycles. The highest BCUT2D eigenvalue weighted by Crippen LogP contribution is 2.28. The first-order valence-corrected chi connectivity index (χ1v) is 12.1. The van der Waals surface area contributed by atoms with Crippen molar-refractivity contribution in [3.8, 4) is 11.1 Å². The van der Waals surface area contributed by atoms with Crippen molar-refractivity contribution in [1.82, 2.24) is 24.4 Å². The number of fused-ring (bicyclic) bond motifs is 2. The number of piperazine rings is 1. The molecule has 0 amide bonds. The maximum atomic E-state index is 14.6. The van der Waals surface area contributed by atoms with Crippen LogP contribution in [0.25, 0.3) is 33.3 Å². The minimum atomic E-state index is -0.677. The zero-order valence-corrected chi connectivity index (χ0v) is 20.2. The third-order valence-corrected chi connectivity index (χ3v) is 6.82. The van der Waals surface area contributed by atoms with Crippen molar-refractivity contribution in [3.63, 3.8) is 0 Å². The fraction of sp³-hybridized carbons (Fsp3) is 0.259. The highest BCUT2D eigenvalue weighted by molar-refractivity contribution is 5.84. The van der Waals surface area contributed by atoms with Crippen LogP contribution in [0.3, 0.4) is 0 Å². The van der Waals surface area contributed by atoms with E-state index in [-0.39, 0.29) is 23.0 Å². The molecule has 0 radical (unpaired) electrons. The Kier molecular flexibility index (Phi) is 5.88. The number of imidazole rings is 1. The van der Waals surface area contributed by atoms with Crippen LogP contribution in [-0.4, -0.2) is 57.6 Å². The second-order valence-electron chi connectivity index (χ2n) is 9.20. The van der Waals surface area contributed by atoms with E-state index in [1.807, 2.05) is 4.57 Å². The van der Waals surface area contributed by atoms with Gasteiger partial charge in [0.15, 0.2) is 17.0 Å². The van der Waals surface area contributed by atoms with Crippen molar-refractivity contribution < 1.29 is 13.2 Å². The highest BCUT2D eigenvalue weighted by atomic mass is 19.1. The molecule has 5 aromatic rings. The van der Waals surface area contributed by atoms with E-state index in [9.17, 15) is 13.6 Å². The van der Waals surface area contributed by atoms with Gasteiger partial charge >= 0.3 is 0 Å². The number of nitrogens with zero attached hydrogens (tertiary/aromatic N) is 6. The summed E-state index contributed by atoms with van der Waals surface area (Å²) >= 11 is 0. The lowest BCUT2D eigenvalue weighted by molar-refractivity contribution is 0.312. The van der Waals surface area contributed by atoms with E-state index in [1.165, 1.54) is 36.7 Å². The van der Waals surface area contributed by atoms with Gasteiger partial charge in [-0.1, -0.05) is 18.2 Å². The van der Waals surface area contributed by atoms with Crippen LogP contribution in [0.15, 0.2) is 64.3 Å². The van der Waals surface area contributed by atoms with Crippen LogP contribution in [0, 0.1) is 11.6 Å². The molecule has 2 aromatic carbocycles. The fourth-order valence-electron chi connectivity index (χ4n) is 4.86. The Bertz CT molecular complexity index is 1670. The molecule has 1 fully saturated rings. The topological polar surface area (TPSA) is 80.3 Å². The van der Waals surface area contributed by atoms with Gasteiger partial charge in [0.25, 0.3) is 0 Å². The minimum absolute atomic E-state index is 0.147. The third kappa shape index (κ3) is 4.23. The minimum Gasteiger partial charge on any atom is -0.460 e. The molecule has 37 heavy (non-hydrogen) atoms.